The lowest BCUT2D eigenvalue weighted by molar-refractivity contribution is -0.115. The minimum absolute atomic E-state index is 0.0231. The number of hydrogen-bond donors (Lipinski definition) is 4. The van der Waals surface area contributed by atoms with Crippen LogP contribution < -0.4 is 40.2 Å². The van der Waals surface area contributed by atoms with Gasteiger partial charge in [0, 0.05) is 92.9 Å². The number of ether oxygens (including phenoxy) is 4. The zero-order valence-electron chi connectivity index (χ0n) is 61.2. The molecule has 8 bridgehead atoms. The van der Waals surface area contributed by atoms with Gasteiger partial charge in [0.05, 0.1) is 79.3 Å². The Labute approximate surface area is 593 Å². The Morgan fingerprint density at radius 3 is 0.580 bits per heavy atom. The van der Waals surface area contributed by atoms with Crippen molar-refractivity contribution >= 4 is 76.8 Å². The molecule has 4 amide bonds. The van der Waals surface area contributed by atoms with Crippen LogP contribution in [0.1, 0.15) is 205 Å². The lowest BCUT2D eigenvalue weighted by atomic mass is 9.90. The van der Waals surface area contributed by atoms with Crippen LogP contribution in [0.3, 0.4) is 0 Å². The van der Waals surface area contributed by atoms with Crippen LogP contribution in [0.2, 0.25) is 0 Å². The minimum atomic E-state index is -3.93. The first-order valence-electron chi connectivity index (χ1n) is 35.9. The van der Waals surface area contributed by atoms with Crippen LogP contribution in [0.25, 0.3) is 0 Å². The Kier molecular flexibility index (Phi) is 37.7. The van der Waals surface area contributed by atoms with Gasteiger partial charge in [-0.2, -0.15) is 0 Å². The molecular weight excluding hydrogens is 1360 g/mol. The third kappa shape index (κ3) is 28.0. The highest BCUT2D eigenvalue weighted by atomic mass is 31.2. The van der Waals surface area contributed by atoms with Gasteiger partial charge in [-0.3, -0.25) is 37.4 Å². The van der Waals surface area contributed by atoms with Crippen molar-refractivity contribution in [3.63, 3.8) is 0 Å². The van der Waals surface area contributed by atoms with Gasteiger partial charge in [0.1, 0.15) is 47.6 Å². The van der Waals surface area contributed by atoms with E-state index in [1.165, 1.54) is 0 Å². The van der Waals surface area contributed by atoms with Crippen molar-refractivity contribution < 1.29 is 92.6 Å². The van der Waals surface area contributed by atoms with Gasteiger partial charge in [0.15, 0.2) is 0 Å². The van der Waals surface area contributed by atoms with Gasteiger partial charge in [0.2, 0.25) is 23.6 Å². The molecule has 100 heavy (non-hydrogen) atoms. The largest absolute Gasteiger partial charge is 0.493 e. The van der Waals surface area contributed by atoms with Crippen molar-refractivity contribution in [2.45, 2.75) is 186 Å². The summed E-state index contributed by atoms with van der Waals surface area (Å²) in [5.74, 6) is -0.829. The van der Waals surface area contributed by atoms with Crippen molar-refractivity contribution in [2.24, 2.45) is 0 Å². The molecule has 28 heteroatoms. The smallest absolute Gasteiger partial charge is 0.340 e. The molecule has 0 aliphatic heterocycles. The molecule has 0 saturated heterocycles. The van der Waals surface area contributed by atoms with Gasteiger partial charge >= 0.3 is 30.4 Å². The van der Waals surface area contributed by atoms with E-state index in [9.17, 15) is 37.4 Å². The van der Waals surface area contributed by atoms with E-state index in [0.717, 1.165) is 51.4 Å². The Bertz CT molecular complexity index is 2900. The highest BCUT2D eigenvalue weighted by molar-refractivity contribution is 7.55. The number of benzene rings is 4. The fourth-order valence-corrected chi connectivity index (χ4v) is 17.5. The molecule has 0 saturated carbocycles. The zero-order chi connectivity index (χ0) is 73.1. The topological polar surface area (TPSA) is 295 Å². The van der Waals surface area contributed by atoms with Gasteiger partial charge in [-0.15, -0.1) is 0 Å². The van der Waals surface area contributed by atoms with Crippen molar-refractivity contribution in [3.05, 3.63) is 93.0 Å². The van der Waals surface area contributed by atoms with Gasteiger partial charge in [-0.25, -0.2) is 0 Å². The Balaban J connectivity index is 2.06. The quantitative estimate of drug-likeness (QED) is 0.0208. The number of carbonyl (C=O) groups excluding carboxylic acids is 4. The molecule has 1 aliphatic carbocycles. The molecular formula is C72H112N4O20P4. The van der Waals surface area contributed by atoms with E-state index in [1.807, 2.05) is 0 Å². The van der Waals surface area contributed by atoms with Crippen LogP contribution in [0, 0.1) is 0 Å². The number of unbranched alkanes of at least 4 members (excludes halogenated alkanes) is 8. The first kappa shape index (κ1) is 85.2. The van der Waals surface area contributed by atoms with Gasteiger partial charge in [-0.05, 0) is 130 Å². The molecule has 4 N–H and O–H groups in total. The van der Waals surface area contributed by atoms with Gasteiger partial charge in [0.25, 0.3) is 0 Å². The van der Waals surface area contributed by atoms with E-state index in [0.29, 0.717) is 116 Å². The number of fused-ring (bicyclic) bond motifs is 8. The normalized spacial score (nSPS) is 12.6. The molecule has 5 rings (SSSR count). The second-order valence-corrected chi connectivity index (χ2v) is 32.3. The molecule has 4 aromatic rings. The van der Waals surface area contributed by atoms with Crippen LogP contribution in [0.15, 0.2) is 48.5 Å². The maximum Gasteiger partial charge on any atom is 0.340 e. The summed E-state index contributed by atoms with van der Waals surface area (Å²) in [6.45, 7) is 23.0. The fourth-order valence-electron chi connectivity index (χ4n) is 11.6. The molecule has 0 radical (unpaired) electrons. The van der Waals surface area contributed by atoms with E-state index < -0.39 is 78.7 Å². The van der Waals surface area contributed by atoms with Gasteiger partial charge < -0.3 is 76.4 Å². The maximum atomic E-state index is 14.4. The van der Waals surface area contributed by atoms with Crippen molar-refractivity contribution in [2.75, 3.05) is 125 Å². The SMILES string of the molecule is CCCCCOc1c2cc(NC(=O)CP(=O)(OCC)OCC)cc1Cc1cc(NC(=O)CP(=O)(OCC)OCC)cc(c1OCCCCC)Cc1cc(NC(=O)CP(=O)(OCC)OCC)cc(c1OCCCCC)Cc1cc(NC(=O)CP(=O)(OCC)OCC)cc(c1OCCCCC)C2. The molecule has 0 fully saturated rings. The molecule has 1 aliphatic rings. The van der Waals surface area contributed by atoms with Crippen LogP contribution in [-0.4, -0.2) is 128 Å². The summed E-state index contributed by atoms with van der Waals surface area (Å²) >= 11 is 0. The predicted octanol–water partition coefficient (Wildman–Crippen LogP) is 17.5. The summed E-state index contributed by atoms with van der Waals surface area (Å²) in [6, 6.07) is 14.3. The number of hydrogen-bond acceptors (Lipinski definition) is 20. The van der Waals surface area contributed by atoms with Crippen LogP contribution in [0.5, 0.6) is 23.0 Å². The average Bonchev–Trinajstić information content (AvgIpc) is 0.773. The Morgan fingerprint density at radius 2 is 0.440 bits per heavy atom. The second kappa shape index (κ2) is 44.3. The summed E-state index contributed by atoms with van der Waals surface area (Å²) in [7, 11) is -15.7. The lowest BCUT2D eigenvalue weighted by Gasteiger charge is -2.25. The molecule has 0 aromatic heterocycles. The molecule has 0 unspecified atom stereocenters. The molecule has 0 atom stereocenters. The maximum absolute atomic E-state index is 14.4. The molecule has 0 spiro atoms. The molecule has 560 valence electrons. The lowest BCUT2D eigenvalue weighted by Crippen LogP contribution is -2.20. The standard InChI is InChI=1S/C72H112N4O20P4/c1-13-25-29-33-85-69-53-37-55-43-62(74-66(78)50-98(82,91-19-7)92-20-8)45-57(70(55)86-34-30-26-14-2)39-59-47-64(76-68(80)52-100(84,95-23-11)96-24-12)48-60(72(59)88-36-32-28-16-4)40-58-46-63(75-67(79)51-99(83,93-21-9)94-22-10)44-56(71(58)87-35-31-27-15-3)38-54(69)42-61(41-53)73-65(77)49-97(81,89-17-5)90-18-6/h41-48H,13-40,49-52H2,1-12H3,(H,73,77)(H,74,78)(H,75,79)(H,76,80). The van der Waals surface area contributed by atoms with E-state index in [4.69, 9.17) is 55.1 Å². The van der Waals surface area contributed by atoms with Crippen molar-refractivity contribution in [3.8, 4) is 23.0 Å². The summed E-state index contributed by atoms with van der Waals surface area (Å²) in [4.78, 5) is 57.7. The first-order valence-corrected chi connectivity index (χ1v) is 42.8. The molecule has 0 heterocycles. The highest BCUT2D eigenvalue weighted by Gasteiger charge is 2.34. The predicted molar refractivity (Wildman–Crippen MR) is 394 cm³/mol. The number of amides is 4. The Morgan fingerprint density at radius 1 is 0.280 bits per heavy atom. The first-order chi connectivity index (χ1) is 48.0. The van der Waals surface area contributed by atoms with E-state index >= 15 is 0 Å². The third-order valence-electron chi connectivity index (χ3n) is 15.6. The number of rotatable bonds is 48. The summed E-state index contributed by atoms with van der Waals surface area (Å²) < 4.78 is 129. The van der Waals surface area contributed by atoms with Crippen LogP contribution >= 0.6 is 30.4 Å². The monoisotopic (exact) mass is 1480 g/mol. The average molecular weight is 1480 g/mol. The van der Waals surface area contributed by atoms with Crippen molar-refractivity contribution in [1.82, 2.24) is 0 Å². The zero-order valence-corrected chi connectivity index (χ0v) is 64.8. The summed E-state index contributed by atoms with van der Waals surface area (Å²) in [5.41, 5.74) is 5.61. The fraction of sp³-hybridized carbons (Fsp3) is 0.611. The van der Waals surface area contributed by atoms with Gasteiger partial charge in [-0.1, -0.05) is 79.1 Å². The second-order valence-electron chi connectivity index (χ2n) is 24.0. The Hall–Kier alpha value is -5.44. The number of nitrogens with one attached hydrogen (secondary N) is 4. The van der Waals surface area contributed by atoms with Crippen LogP contribution in [0.4, 0.5) is 22.7 Å². The van der Waals surface area contributed by atoms with E-state index in [2.05, 4.69) is 49.0 Å². The van der Waals surface area contributed by atoms with E-state index in [-0.39, 0.29) is 105 Å². The van der Waals surface area contributed by atoms with Crippen molar-refractivity contribution in [1.29, 1.82) is 0 Å². The number of anilines is 4. The van der Waals surface area contributed by atoms with E-state index in [1.54, 1.807) is 104 Å². The number of carbonyl (C=O) groups is 4. The summed E-state index contributed by atoms with van der Waals surface area (Å²) in [5, 5.41) is 12.1. The van der Waals surface area contributed by atoms with Crippen LogP contribution in [-0.2, 0) is 99.3 Å². The highest BCUT2D eigenvalue weighted by Crippen LogP contribution is 2.52. The summed E-state index contributed by atoms with van der Waals surface area (Å²) in [6.07, 6.45) is 7.31. The molecule has 4 aromatic carbocycles. The third-order valence-corrected chi connectivity index (χ3v) is 23.5. The molecule has 24 nitrogen and oxygen atoms in total. The minimum Gasteiger partial charge on any atom is -0.493 e.